The van der Waals surface area contributed by atoms with E-state index in [0.717, 1.165) is 22.1 Å². The number of rotatable bonds is 2. The summed E-state index contributed by atoms with van der Waals surface area (Å²) >= 11 is 0. The van der Waals surface area contributed by atoms with Crippen molar-refractivity contribution < 1.29 is 4.42 Å². The monoisotopic (exact) mass is 544 g/mol. The van der Waals surface area contributed by atoms with E-state index in [9.17, 15) is 0 Å². The average molecular weight is 545 g/mol. The van der Waals surface area contributed by atoms with Crippen LogP contribution in [-0.4, -0.2) is 0 Å². The molecule has 9 aromatic carbocycles. The summed E-state index contributed by atoms with van der Waals surface area (Å²) in [6.07, 6.45) is 0. The van der Waals surface area contributed by atoms with Crippen molar-refractivity contribution in [3.8, 4) is 22.3 Å². The Bertz CT molecular complexity index is 2700. The Morgan fingerprint density at radius 2 is 0.953 bits per heavy atom. The summed E-state index contributed by atoms with van der Waals surface area (Å²) in [6, 6.07) is 53.1. The topological polar surface area (TPSA) is 13.1 Å². The molecular formula is C42H24O. The first-order valence-electron chi connectivity index (χ1n) is 14.8. The highest BCUT2D eigenvalue weighted by molar-refractivity contribution is 6.27. The fourth-order valence-corrected chi connectivity index (χ4v) is 7.45. The standard InChI is InChI=1S/C42H24O/c1-3-12-31-25(7-1)9-6-14-32(31)30-23-36(42-37(24-30)41-33-13-4-2-8-26(33)19-22-38(41)43-42)34-20-17-29-16-15-27-10-5-11-28-18-21-35(34)40(29)39(27)28/h1-24H. The number of fused-ring (bicyclic) bond motifs is 6. The molecule has 198 valence electrons. The largest absolute Gasteiger partial charge is 0.455 e. The van der Waals surface area contributed by atoms with Gasteiger partial charge in [-0.05, 0) is 88.8 Å². The maximum atomic E-state index is 6.81. The van der Waals surface area contributed by atoms with Gasteiger partial charge < -0.3 is 4.42 Å². The van der Waals surface area contributed by atoms with Crippen LogP contribution in [0.1, 0.15) is 0 Å². The zero-order valence-corrected chi connectivity index (χ0v) is 23.3. The van der Waals surface area contributed by atoms with Gasteiger partial charge in [-0.15, -0.1) is 0 Å². The van der Waals surface area contributed by atoms with E-state index in [0.29, 0.717) is 0 Å². The summed E-state index contributed by atoms with van der Waals surface area (Å²) in [5.74, 6) is 0. The number of furan rings is 1. The molecular weight excluding hydrogens is 520 g/mol. The molecule has 1 aromatic heterocycles. The molecule has 0 N–H and O–H groups in total. The minimum Gasteiger partial charge on any atom is -0.455 e. The average Bonchev–Trinajstić information content (AvgIpc) is 3.46. The van der Waals surface area contributed by atoms with Crippen LogP contribution in [0.5, 0.6) is 0 Å². The van der Waals surface area contributed by atoms with E-state index in [2.05, 4.69) is 146 Å². The van der Waals surface area contributed by atoms with Crippen molar-refractivity contribution in [2.75, 3.05) is 0 Å². The minimum atomic E-state index is 0.919. The molecule has 1 nitrogen and oxygen atoms in total. The lowest BCUT2D eigenvalue weighted by atomic mass is 9.87. The zero-order valence-electron chi connectivity index (χ0n) is 23.3. The number of hydrogen-bond acceptors (Lipinski definition) is 1. The van der Waals surface area contributed by atoms with Gasteiger partial charge in [-0.25, -0.2) is 0 Å². The molecule has 0 aliphatic rings. The van der Waals surface area contributed by atoms with Crippen LogP contribution < -0.4 is 0 Å². The van der Waals surface area contributed by atoms with Crippen LogP contribution in [-0.2, 0) is 0 Å². The molecule has 43 heavy (non-hydrogen) atoms. The van der Waals surface area contributed by atoms with Crippen LogP contribution in [0.2, 0.25) is 0 Å². The van der Waals surface area contributed by atoms with Gasteiger partial charge in [-0.3, -0.25) is 0 Å². The van der Waals surface area contributed by atoms with Crippen molar-refractivity contribution in [2.45, 2.75) is 0 Å². The van der Waals surface area contributed by atoms with Gasteiger partial charge in [-0.1, -0.05) is 127 Å². The van der Waals surface area contributed by atoms with Gasteiger partial charge in [0.2, 0.25) is 0 Å². The molecule has 0 fully saturated rings. The smallest absolute Gasteiger partial charge is 0.143 e. The number of benzene rings is 9. The molecule has 0 saturated heterocycles. The molecule has 0 amide bonds. The van der Waals surface area contributed by atoms with Gasteiger partial charge in [-0.2, -0.15) is 0 Å². The van der Waals surface area contributed by atoms with E-state index < -0.39 is 0 Å². The summed E-state index contributed by atoms with van der Waals surface area (Å²) in [7, 11) is 0. The molecule has 0 atom stereocenters. The Hall–Kier alpha value is -5.66. The van der Waals surface area contributed by atoms with Gasteiger partial charge in [0.1, 0.15) is 11.2 Å². The first-order valence-corrected chi connectivity index (χ1v) is 14.8. The van der Waals surface area contributed by atoms with E-state index in [1.165, 1.54) is 75.9 Å². The van der Waals surface area contributed by atoms with Gasteiger partial charge >= 0.3 is 0 Å². The maximum absolute atomic E-state index is 6.81. The molecule has 0 radical (unpaired) electrons. The van der Waals surface area contributed by atoms with Gasteiger partial charge in [0, 0.05) is 16.3 Å². The Morgan fingerprint density at radius 1 is 0.326 bits per heavy atom. The third-order valence-corrected chi connectivity index (χ3v) is 9.38. The quantitative estimate of drug-likeness (QED) is 0.197. The summed E-state index contributed by atoms with van der Waals surface area (Å²) in [6.45, 7) is 0. The fourth-order valence-electron chi connectivity index (χ4n) is 7.45. The van der Waals surface area contributed by atoms with Crippen molar-refractivity contribution in [3.05, 3.63) is 146 Å². The molecule has 0 aliphatic heterocycles. The van der Waals surface area contributed by atoms with Gasteiger partial charge in [0.25, 0.3) is 0 Å². The van der Waals surface area contributed by atoms with Crippen molar-refractivity contribution in [1.82, 2.24) is 0 Å². The lowest BCUT2D eigenvalue weighted by molar-refractivity contribution is 0.670. The zero-order chi connectivity index (χ0) is 28.1. The van der Waals surface area contributed by atoms with Crippen molar-refractivity contribution in [2.24, 2.45) is 0 Å². The molecule has 0 aliphatic carbocycles. The van der Waals surface area contributed by atoms with Crippen LogP contribution in [0.25, 0.3) is 98.1 Å². The second-order valence-electron chi connectivity index (χ2n) is 11.7. The van der Waals surface area contributed by atoms with Crippen LogP contribution in [0.15, 0.2) is 150 Å². The van der Waals surface area contributed by atoms with Gasteiger partial charge in [0.15, 0.2) is 0 Å². The Balaban J connectivity index is 1.39. The Kier molecular flexibility index (Phi) is 4.51. The molecule has 0 bridgehead atoms. The summed E-state index contributed by atoms with van der Waals surface area (Å²) < 4.78 is 6.81. The molecule has 0 spiro atoms. The molecule has 10 aromatic rings. The molecule has 0 unspecified atom stereocenters. The second kappa shape index (κ2) is 8.44. The summed E-state index contributed by atoms with van der Waals surface area (Å²) in [4.78, 5) is 0. The molecule has 10 rings (SSSR count). The third kappa shape index (κ3) is 3.17. The summed E-state index contributed by atoms with van der Waals surface area (Å²) in [5, 5.41) is 15.0. The van der Waals surface area contributed by atoms with Crippen molar-refractivity contribution in [1.29, 1.82) is 0 Å². The highest BCUT2D eigenvalue weighted by Crippen LogP contribution is 2.46. The normalized spacial score (nSPS) is 12.2. The summed E-state index contributed by atoms with van der Waals surface area (Å²) in [5.41, 5.74) is 6.60. The van der Waals surface area contributed by atoms with E-state index in [-0.39, 0.29) is 0 Å². The molecule has 0 saturated carbocycles. The first-order chi connectivity index (χ1) is 21.3. The van der Waals surface area contributed by atoms with Crippen LogP contribution in [0.4, 0.5) is 0 Å². The van der Waals surface area contributed by atoms with Crippen molar-refractivity contribution >= 4 is 75.8 Å². The lowest BCUT2D eigenvalue weighted by Crippen LogP contribution is -1.89. The Morgan fingerprint density at radius 3 is 1.81 bits per heavy atom. The van der Waals surface area contributed by atoms with Crippen LogP contribution in [0.3, 0.4) is 0 Å². The van der Waals surface area contributed by atoms with E-state index >= 15 is 0 Å². The van der Waals surface area contributed by atoms with E-state index in [1.54, 1.807) is 0 Å². The highest BCUT2D eigenvalue weighted by Gasteiger charge is 2.20. The second-order valence-corrected chi connectivity index (χ2v) is 11.7. The van der Waals surface area contributed by atoms with E-state index in [1.807, 2.05) is 0 Å². The highest BCUT2D eigenvalue weighted by atomic mass is 16.3. The minimum absolute atomic E-state index is 0.919. The lowest BCUT2D eigenvalue weighted by Gasteiger charge is -2.15. The predicted octanol–water partition coefficient (Wildman–Crippen LogP) is 12.1. The maximum Gasteiger partial charge on any atom is 0.143 e. The molecule has 1 heterocycles. The Labute approximate surface area is 247 Å². The van der Waals surface area contributed by atoms with E-state index in [4.69, 9.17) is 4.42 Å². The number of hydrogen-bond donors (Lipinski definition) is 0. The van der Waals surface area contributed by atoms with Crippen LogP contribution >= 0.6 is 0 Å². The van der Waals surface area contributed by atoms with Crippen LogP contribution in [0, 0.1) is 0 Å². The van der Waals surface area contributed by atoms with Crippen molar-refractivity contribution in [3.63, 3.8) is 0 Å². The fraction of sp³-hybridized carbons (Fsp3) is 0. The van der Waals surface area contributed by atoms with Gasteiger partial charge in [0.05, 0.1) is 0 Å². The SMILES string of the molecule is c1ccc2c(-c3cc(-c4ccc5ccc6cccc7ccc4c5c67)c4oc5ccc6ccccc6c5c4c3)cccc2c1. The third-order valence-electron chi connectivity index (χ3n) is 9.38. The molecule has 1 heteroatoms. The predicted molar refractivity (Wildman–Crippen MR) is 183 cm³/mol. The first kappa shape index (κ1) is 23.0.